The fourth-order valence-corrected chi connectivity index (χ4v) is 5.62. The Balaban J connectivity index is 1.29. The first-order chi connectivity index (χ1) is 17.2. The van der Waals surface area contributed by atoms with Crippen molar-refractivity contribution in [1.29, 1.82) is 0 Å². The molecule has 0 spiro atoms. The minimum atomic E-state index is -2.69. The minimum absolute atomic E-state index is 0.00244. The van der Waals surface area contributed by atoms with Crippen LogP contribution in [0, 0.1) is 11.6 Å². The molecule has 2 fully saturated rings. The average molecular weight is 522 g/mol. The van der Waals surface area contributed by atoms with Crippen LogP contribution in [0.4, 0.5) is 23.2 Å². The number of hydrogen-bond donors (Lipinski definition) is 0. The number of benzene rings is 2. The Kier molecular flexibility index (Phi) is 5.64. The second-order valence-corrected chi connectivity index (χ2v) is 10.1. The van der Waals surface area contributed by atoms with Gasteiger partial charge in [0.15, 0.2) is 17.4 Å². The second kappa shape index (κ2) is 8.62. The lowest BCUT2D eigenvalue weighted by Gasteiger charge is -2.33. The number of anilines is 1. The predicted molar refractivity (Wildman–Crippen MR) is 126 cm³/mol. The Bertz CT molecular complexity index is 1320. The number of ether oxygens (including phenoxy) is 1. The molecule has 1 atom stereocenters. The molecule has 0 N–H and O–H groups in total. The summed E-state index contributed by atoms with van der Waals surface area (Å²) in [6, 6.07) is 6.89. The topological polar surface area (TPSA) is 46.4 Å². The zero-order valence-electron chi connectivity index (χ0n) is 19.5. The zero-order valence-corrected chi connectivity index (χ0v) is 20.3. The maximum absolute atomic E-state index is 14.5. The number of nitrogens with zero attached hydrogens (tertiary/aromatic N) is 5. The highest BCUT2D eigenvalue weighted by Crippen LogP contribution is 2.48. The van der Waals surface area contributed by atoms with Crippen molar-refractivity contribution in [1.82, 2.24) is 19.7 Å². The molecule has 1 aromatic heterocycles. The predicted octanol–water partition coefficient (Wildman–Crippen LogP) is 5.31. The molecule has 3 aliphatic rings. The van der Waals surface area contributed by atoms with Crippen LogP contribution in [0.2, 0.25) is 5.02 Å². The Morgan fingerprint density at radius 2 is 1.75 bits per heavy atom. The van der Waals surface area contributed by atoms with Crippen LogP contribution in [-0.4, -0.2) is 51.8 Å². The van der Waals surface area contributed by atoms with E-state index >= 15 is 0 Å². The fraction of sp³-hybridized carbons (Fsp3) is 0.440. The van der Waals surface area contributed by atoms with Gasteiger partial charge in [-0.3, -0.25) is 9.47 Å². The van der Waals surface area contributed by atoms with Gasteiger partial charge in [0.1, 0.15) is 11.6 Å². The van der Waals surface area contributed by atoms with Gasteiger partial charge in [-0.2, -0.15) is 0 Å². The molecule has 1 unspecified atom stereocenters. The van der Waals surface area contributed by atoms with Gasteiger partial charge in [-0.15, -0.1) is 10.2 Å². The third kappa shape index (κ3) is 4.00. The van der Waals surface area contributed by atoms with E-state index in [1.54, 1.807) is 11.0 Å². The third-order valence-corrected chi connectivity index (χ3v) is 7.65. The van der Waals surface area contributed by atoms with Gasteiger partial charge in [-0.05, 0) is 36.6 Å². The molecule has 0 radical (unpaired) electrons. The molecule has 36 heavy (non-hydrogen) atoms. The standard InChI is InChI=1S/C25H24ClF4N5O/c1-36-21-10-20(17(27)9-18(21)28)33-6-4-14(5-7-33)24-32-31-23-13-34(22-11-25(22,29)30)12-15-8-16(26)2-3-19(15)35(23)24/h2-3,8-10,14,22H,4-7,11-13H2,1H3. The lowest BCUT2D eigenvalue weighted by atomic mass is 9.95. The first-order valence-corrected chi connectivity index (χ1v) is 12.3. The van der Waals surface area contributed by atoms with Crippen LogP contribution in [0.25, 0.3) is 5.69 Å². The van der Waals surface area contributed by atoms with Gasteiger partial charge in [0, 0.05) is 49.1 Å². The summed E-state index contributed by atoms with van der Waals surface area (Å²) >= 11 is 6.26. The molecule has 6 nitrogen and oxygen atoms in total. The van der Waals surface area contributed by atoms with E-state index in [4.69, 9.17) is 16.3 Å². The number of rotatable bonds is 4. The number of hydrogen-bond acceptors (Lipinski definition) is 5. The Morgan fingerprint density at radius 1 is 1.00 bits per heavy atom. The highest BCUT2D eigenvalue weighted by molar-refractivity contribution is 6.30. The Labute approximate surface area is 210 Å². The maximum Gasteiger partial charge on any atom is 0.265 e. The number of halogens is 5. The number of fused-ring (bicyclic) bond motifs is 3. The first kappa shape index (κ1) is 23.5. The van der Waals surface area contributed by atoms with Gasteiger partial charge < -0.3 is 9.64 Å². The minimum Gasteiger partial charge on any atom is -0.494 e. The van der Waals surface area contributed by atoms with Crippen molar-refractivity contribution in [2.24, 2.45) is 0 Å². The molecule has 0 bridgehead atoms. The fourth-order valence-electron chi connectivity index (χ4n) is 5.43. The molecule has 6 rings (SSSR count). The maximum atomic E-state index is 14.5. The SMILES string of the molecule is COc1cc(N2CCC(c3nnc4n3-c3ccc(Cl)cc3CN(C3CC3(F)F)C4)CC2)c(F)cc1F. The Hall–Kier alpha value is -2.85. The lowest BCUT2D eigenvalue weighted by Crippen LogP contribution is -2.34. The average Bonchev–Trinajstić information content (AvgIpc) is 3.35. The molecule has 1 saturated carbocycles. The molecular formula is C25H24ClF4N5O. The van der Waals surface area contributed by atoms with E-state index in [1.165, 1.54) is 13.2 Å². The van der Waals surface area contributed by atoms with Crippen LogP contribution in [0.1, 0.15) is 42.4 Å². The van der Waals surface area contributed by atoms with E-state index in [-0.39, 0.29) is 24.6 Å². The van der Waals surface area contributed by atoms with Crippen molar-refractivity contribution < 1.29 is 22.3 Å². The third-order valence-electron chi connectivity index (χ3n) is 7.41. The van der Waals surface area contributed by atoms with Crippen molar-refractivity contribution in [3.05, 3.63) is 64.2 Å². The van der Waals surface area contributed by atoms with Gasteiger partial charge in [-0.25, -0.2) is 17.6 Å². The molecule has 11 heteroatoms. The normalized spacial score (nSPS) is 21.6. The molecular weight excluding hydrogens is 498 g/mol. The van der Waals surface area contributed by atoms with Crippen LogP contribution >= 0.6 is 11.6 Å². The van der Waals surface area contributed by atoms with E-state index in [2.05, 4.69) is 10.2 Å². The number of piperidine rings is 1. The Morgan fingerprint density at radius 3 is 2.44 bits per heavy atom. The summed E-state index contributed by atoms with van der Waals surface area (Å²) < 4.78 is 63.3. The number of methoxy groups -OCH3 is 1. The highest BCUT2D eigenvalue weighted by Gasteiger charge is 2.60. The van der Waals surface area contributed by atoms with Gasteiger partial charge in [0.2, 0.25) is 0 Å². The quantitative estimate of drug-likeness (QED) is 0.435. The molecule has 190 valence electrons. The summed E-state index contributed by atoms with van der Waals surface area (Å²) in [6.45, 7) is 1.68. The van der Waals surface area contributed by atoms with Crippen LogP contribution in [-0.2, 0) is 13.1 Å². The molecule has 1 aliphatic carbocycles. The van der Waals surface area contributed by atoms with Gasteiger partial charge in [0.25, 0.3) is 5.92 Å². The monoisotopic (exact) mass is 521 g/mol. The van der Waals surface area contributed by atoms with Crippen molar-refractivity contribution in [2.45, 2.75) is 50.2 Å². The summed E-state index contributed by atoms with van der Waals surface area (Å²) in [7, 11) is 1.35. The molecule has 1 saturated heterocycles. The zero-order chi connectivity index (χ0) is 25.2. The van der Waals surface area contributed by atoms with Crippen LogP contribution in [0.15, 0.2) is 30.3 Å². The van der Waals surface area contributed by atoms with Crippen LogP contribution in [0.3, 0.4) is 0 Å². The van der Waals surface area contributed by atoms with Crippen molar-refractivity contribution in [3.63, 3.8) is 0 Å². The molecule has 3 heterocycles. The van der Waals surface area contributed by atoms with Crippen LogP contribution in [0.5, 0.6) is 5.75 Å². The molecule has 3 aromatic rings. The van der Waals surface area contributed by atoms with E-state index in [0.717, 1.165) is 23.1 Å². The van der Waals surface area contributed by atoms with Gasteiger partial charge in [-0.1, -0.05) is 11.6 Å². The van der Waals surface area contributed by atoms with Crippen molar-refractivity contribution in [2.75, 3.05) is 25.1 Å². The second-order valence-electron chi connectivity index (χ2n) is 9.67. The number of alkyl halides is 2. The van der Waals surface area contributed by atoms with E-state index in [9.17, 15) is 17.6 Å². The highest BCUT2D eigenvalue weighted by atomic mass is 35.5. The van der Waals surface area contributed by atoms with Gasteiger partial charge >= 0.3 is 0 Å². The van der Waals surface area contributed by atoms with Crippen molar-refractivity contribution in [3.8, 4) is 11.4 Å². The summed E-state index contributed by atoms with van der Waals surface area (Å²) in [4.78, 5) is 3.62. The largest absolute Gasteiger partial charge is 0.494 e. The van der Waals surface area contributed by atoms with Crippen LogP contribution < -0.4 is 9.64 Å². The lowest BCUT2D eigenvalue weighted by molar-refractivity contribution is 0.0663. The van der Waals surface area contributed by atoms with Gasteiger partial charge in [0.05, 0.1) is 31.1 Å². The number of aromatic nitrogens is 3. The molecule has 0 amide bonds. The first-order valence-electron chi connectivity index (χ1n) is 11.9. The van der Waals surface area contributed by atoms with E-state index in [1.807, 2.05) is 21.6 Å². The smallest absolute Gasteiger partial charge is 0.265 e. The molecule has 2 aromatic carbocycles. The van der Waals surface area contributed by atoms with Crippen molar-refractivity contribution >= 4 is 17.3 Å². The summed E-state index contributed by atoms with van der Waals surface area (Å²) in [5.41, 5.74) is 1.99. The summed E-state index contributed by atoms with van der Waals surface area (Å²) in [5, 5.41) is 9.44. The summed E-state index contributed by atoms with van der Waals surface area (Å²) in [5.74, 6) is -2.66. The molecule has 2 aliphatic heterocycles. The van der Waals surface area contributed by atoms with E-state index < -0.39 is 23.6 Å². The van der Waals surface area contributed by atoms with E-state index in [0.29, 0.717) is 49.0 Å². The summed E-state index contributed by atoms with van der Waals surface area (Å²) in [6.07, 6.45) is 1.18.